The second-order valence-electron chi connectivity index (χ2n) is 8.36. The van der Waals surface area contributed by atoms with Gasteiger partial charge >= 0.3 is 0 Å². The van der Waals surface area contributed by atoms with Crippen LogP contribution >= 0.6 is 23.2 Å². The van der Waals surface area contributed by atoms with Crippen LogP contribution in [0.5, 0.6) is 0 Å². The number of likely N-dealkylation sites (tertiary alicyclic amines) is 2. The number of halogens is 2. The van der Waals surface area contributed by atoms with E-state index in [0.29, 0.717) is 34.7 Å². The van der Waals surface area contributed by atoms with E-state index in [1.807, 2.05) is 17.0 Å². The number of benzene rings is 1. The molecule has 0 radical (unpaired) electrons. The minimum absolute atomic E-state index is 0.0502. The van der Waals surface area contributed by atoms with E-state index in [0.717, 1.165) is 42.8 Å². The number of pyridine rings is 1. The normalized spacial score (nSPS) is 19.8. The van der Waals surface area contributed by atoms with Crippen molar-refractivity contribution >= 4 is 35.0 Å². The van der Waals surface area contributed by atoms with Crippen LogP contribution in [0.3, 0.4) is 0 Å². The second-order valence-corrected chi connectivity index (χ2v) is 9.17. The third-order valence-electron chi connectivity index (χ3n) is 6.42. The Morgan fingerprint density at radius 2 is 1.84 bits per heavy atom. The van der Waals surface area contributed by atoms with E-state index in [1.54, 1.807) is 24.4 Å². The molecule has 4 rings (SSSR count). The molecule has 2 fully saturated rings. The van der Waals surface area contributed by atoms with Crippen molar-refractivity contribution in [1.82, 2.24) is 15.1 Å². The zero-order valence-corrected chi connectivity index (χ0v) is 19.2. The molecule has 0 spiro atoms. The van der Waals surface area contributed by atoms with Crippen molar-refractivity contribution < 1.29 is 14.3 Å². The van der Waals surface area contributed by atoms with E-state index in [4.69, 9.17) is 23.2 Å². The number of hydrogen-bond donors (Lipinski definition) is 1. The highest BCUT2D eigenvalue weighted by Gasteiger charge is 2.34. The number of hydrogen-bond acceptors (Lipinski definition) is 4. The molecule has 1 atom stereocenters. The number of amides is 2. The Labute approximate surface area is 197 Å². The minimum Gasteiger partial charge on any atom is -0.618 e. The fourth-order valence-electron chi connectivity index (χ4n) is 4.59. The summed E-state index contributed by atoms with van der Waals surface area (Å²) >= 11 is 11.8. The Kier molecular flexibility index (Phi) is 7.18. The Hall–Kier alpha value is -2.35. The Bertz CT molecular complexity index is 995. The van der Waals surface area contributed by atoms with Gasteiger partial charge in [-0.15, -0.1) is 0 Å². The fraction of sp³-hybridized carbons (Fsp3) is 0.435. The van der Waals surface area contributed by atoms with Crippen molar-refractivity contribution in [3.05, 3.63) is 69.1 Å². The lowest BCUT2D eigenvalue weighted by molar-refractivity contribution is -0.616. The highest BCUT2D eigenvalue weighted by molar-refractivity contribution is 6.42. The van der Waals surface area contributed by atoms with Crippen LogP contribution in [0.4, 0.5) is 0 Å². The molecule has 2 aromatic rings. The number of nitrogens with one attached hydrogen (secondary N) is 1. The van der Waals surface area contributed by atoms with Gasteiger partial charge in [0.2, 0.25) is 5.91 Å². The first-order chi connectivity index (χ1) is 15.4. The van der Waals surface area contributed by atoms with Crippen molar-refractivity contribution in [3.8, 4) is 0 Å². The fourth-order valence-corrected chi connectivity index (χ4v) is 4.89. The van der Waals surface area contributed by atoms with Crippen LogP contribution in [0.25, 0.3) is 0 Å². The second kappa shape index (κ2) is 10.1. The van der Waals surface area contributed by atoms with E-state index in [1.165, 1.54) is 6.07 Å². The smallest absolute Gasteiger partial charge is 0.251 e. The quantitative estimate of drug-likeness (QED) is 0.531. The molecule has 1 aromatic heterocycles. The van der Waals surface area contributed by atoms with Gasteiger partial charge in [-0.2, -0.15) is 4.73 Å². The Balaban J connectivity index is 1.24. The molecule has 170 valence electrons. The standard InChI is InChI=1S/C23H26Cl2N4O3/c24-19-5-4-17(13-20(19)25)23(31)26-14-22(30)28-12-8-18(15-28)27-10-6-16(7-11-27)21-3-1-2-9-29(21)32/h1-5,9,13,16,18H,6-8,10-12,14-15H2,(H,26,31). The average Bonchev–Trinajstić information content (AvgIpc) is 3.30. The maximum absolute atomic E-state index is 12.6. The highest BCUT2D eigenvalue weighted by atomic mass is 35.5. The van der Waals surface area contributed by atoms with E-state index in [-0.39, 0.29) is 24.3 Å². The van der Waals surface area contributed by atoms with Crippen molar-refractivity contribution in [3.63, 3.8) is 0 Å². The Morgan fingerprint density at radius 3 is 2.56 bits per heavy atom. The summed E-state index contributed by atoms with van der Waals surface area (Å²) < 4.78 is 0.975. The maximum Gasteiger partial charge on any atom is 0.251 e. The highest BCUT2D eigenvalue weighted by Crippen LogP contribution is 2.29. The lowest BCUT2D eigenvalue weighted by Gasteiger charge is -2.35. The topological polar surface area (TPSA) is 79.6 Å². The molecule has 3 heterocycles. The number of piperidine rings is 1. The van der Waals surface area contributed by atoms with Crippen LogP contribution in [0, 0.1) is 5.21 Å². The van der Waals surface area contributed by atoms with Gasteiger partial charge in [-0.3, -0.25) is 14.5 Å². The van der Waals surface area contributed by atoms with Gasteiger partial charge in [0.05, 0.1) is 16.6 Å². The zero-order chi connectivity index (χ0) is 22.7. The molecule has 2 aliphatic rings. The van der Waals surface area contributed by atoms with E-state index < -0.39 is 0 Å². The summed E-state index contributed by atoms with van der Waals surface area (Å²) in [6.07, 6.45) is 4.36. The summed E-state index contributed by atoms with van der Waals surface area (Å²) in [6, 6.07) is 10.5. The molecule has 0 bridgehead atoms. The van der Waals surface area contributed by atoms with E-state index in [9.17, 15) is 14.8 Å². The Morgan fingerprint density at radius 1 is 1.06 bits per heavy atom. The van der Waals surface area contributed by atoms with Gasteiger partial charge in [0.25, 0.3) is 5.91 Å². The summed E-state index contributed by atoms with van der Waals surface area (Å²) in [5, 5.41) is 15.4. The summed E-state index contributed by atoms with van der Waals surface area (Å²) in [6.45, 7) is 3.14. The lowest BCUT2D eigenvalue weighted by atomic mass is 9.92. The van der Waals surface area contributed by atoms with Crippen LogP contribution in [0.15, 0.2) is 42.6 Å². The monoisotopic (exact) mass is 476 g/mol. The van der Waals surface area contributed by atoms with Gasteiger partial charge < -0.3 is 15.4 Å². The van der Waals surface area contributed by atoms with Crippen molar-refractivity contribution in [2.24, 2.45) is 0 Å². The van der Waals surface area contributed by atoms with Gasteiger partial charge in [-0.25, -0.2) is 0 Å². The summed E-state index contributed by atoms with van der Waals surface area (Å²) in [5.74, 6) is -0.167. The van der Waals surface area contributed by atoms with E-state index in [2.05, 4.69) is 10.2 Å². The van der Waals surface area contributed by atoms with E-state index >= 15 is 0 Å². The molecule has 2 saturated heterocycles. The van der Waals surface area contributed by atoms with Crippen molar-refractivity contribution in [2.75, 3.05) is 32.7 Å². The molecule has 1 unspecified atom stereocenters. The zero-order valence-electron chi connectivity index (χ0n) is 17.7. The van der Waals surface area contributed by atoms with Gasteiger partial charge in [0, 0.05) is 42.7 Å². The molecular weight excluding hydrogens is 451 g/mol. The van der Waals surface area contributed by atoms with Gasteiger partial charge in [0.1, 0.15) is 0 Å². The summed E-state index contributed by atoms with van der Waals surface area (Å²) in [4.78, 5) is 29.1. The predicted octanol–water partition coefficient (Wildman–Crippen LogP) is 2.84. The molecule has 1 aromatic carbocycles. The van der Waals surface area contributed by atoms with Crippen LogP contribution in [0.2, 0.25) is 10.0 Å². The SMILES string of the molecule is O=C(NCC(=O)N1CCC(N2CCC(c3cccc[n+]3[O-])CC2)C1)c1ccc(Cl)c(Cl)c1. The first-order valence-corrected chi connectivity index (χ1v) is 11.6. The number of rotatable bonds is 5. The third-order valence-corrected chi connectivity index (χ3v) is 7.16. The largest absolute Gasteiger partial charge is 0.618 e. The summed E-state index contributed by atoms with van der Waals surface area (Å²) in [7, 11) is 0. The van der Waals surface area contributed by atoms with Crippen molar-refractivity contribution in [1.29, 1.82) is 0 Å². The maximum atomic E-state index is 12.6. The molecule has 2 aliphatic heterocycles. The first kappa shape index (κ1) is 22.8. The van der Waals surface area contributed by atoms with Crippen LogP contribution in [0.1, 0.15) is 41.2 Å². The molecule has 0 saturated carbocycles. The van der Waals surface area contributed by atoms with Gasteiger partial charge in [0.15, 0.2) is 11.9 Å². The van der Waals surface area contributed by atoms with Gasteiger partial charge in [-0.05, 0) is 50.6 Å². The number of carbonyl (C=O) groups excluding carboxylic acids is 2. The first-order valence-electron chi connectivity index (χ1n) is 10.9. The number of carbonyl (C=O) groups is 2. The predicted molar refractivity (Wildman–Crippen MR) is 123 cm³/mol. The molecule has 7 nitrogen and oxygen atoms in total. The summed E-state index contributed by atoms with van der Waals surface area (Å²) in [5.41, 5.74) is 1.21. The lowest BCUT2D eigenvalue weighted by Crippen LogP contribution is -2.45. The molecule has 1 N–H and O–H groups in total. The van der Waals surface area contributed by atoms with Crippen LogP contribution in [-0.2, 0) is 4.79 Å². The number of nitrogens with zero attached hydrogens (tertiary/aromatic N) is 3. The molecule has 0 aliphatic carbocycles. The van der Waals surface area contributed by atoms with Gasteiger partial charge in [-0.1, -0.05) is 29.3 Å². The average molecular weight is 477 g/mol. The third kappa shape index (κ3) is 5.17. The molecule has 32 heavy (non-hydrogen) atoms. The molecule has 2 amide bonds. The van der Waals surface area contributed by atoms with Crippen LogP contribution < -0.4 is 10.0 Å². The number of aromatic nitrogens is 1. The van der Waals surface area contributed by atoms with Crippen molar-refractivity contribution in [2.45, 2.75) is 31.2 Å². The minimum atomic E-state index is -0.355. The van der Waals surface area contributed by atoms with Crippen LogP contribution in [-0.4, -0.2) is 60.4 Å². The molecular formula is C23H26Cl2N4O3. The molecule has 9 heteroatoms.